The maximum absolute atomic E-state index is 10.4. The Morgan fingerprint density at radius 1 is 0.833 bits per heavy atom. The van der Waals surface area contributed by atoms with E-state index < -0.39 is 5.41 Å². The van der Waals surface area contributed by atoms with Crippen LogP contribution in [0.1, 0.15) is 37.8 Å². The lowest BCUT2D eigenvalue weighted by Gasteiger charge is -2.33. The number of nitrogens with zero attached hydrogens (tertiary/aromatic N) is 2. The molecule has 0 radical (unpaired) electrons. The summed E-state index contributed by atoms with van der Waals surface area (Å²) in [6.45, 7) is 5.97. The van der Waals surface area contributed by atoms with E-state index >= 15 is 0 Å². The third-order valence-electron chi connectivity index (χ3n) is 6.71. The van der Waals surface area contributed by atoms with Crippen molar-refractivity contribution in [1.82, 2.24) is 4.90 Å². The number of hydrogen-bond donors (Lipinski definition) is 0. The second kappa shape index (κ2) is 14.7. The van der Waals surface area contributed by atoms with Crippen molar-refractivity contribution in [3.05, 3.63) is 41.5 Å². The molecule has 2 aromatic carbocycles. The first-order valence-corrected chi connectivity index (χ1v) is 11.9. The molecule has 0 N–H and O–H groups in total. The van der Waals surface area contributed by atoms with Crippen molar-refractivity contribution in [2.24, 2.45) is 5.92 Å². The van der Waals surface area contributed by atoms with E-state index in [1.165, 1.54) is 5.56 Å². The number of likely N-dealkylation sites (N-methyl/N-ethyl adjacent to an activating group) is 1. The van der Waals surface area contributed by atoms with Gasteiger partial charge in [-0.1, -0.05) is 19.9 Å². The minimum Gasteiger partial charge on any atom is -0.493 e. The smallest absolute Gasteiger partial charge is 0.203 e. The Labute approximate surface area is 222 Å². The van der Waals surface area contributed by atoms with Gasteiger partial charge in [0.25, 0.3) is 0 Å². The van der Waals surface area contributed by atoms with Crippen LogP contribution in [-0.4, -0.2) is 60.6 Å². The molecule has 200 valence electrons. The van der Waals surface area contributed by atoms with Gasteiger partial charge in [-0.05, 0) is 74.2 Å². The molecule has 0 unspecified atom stereocenters. The predicted molar refractivity (Wildman–Crippen MR) is 145 cm³/mol. The normalized spacial score (nSPS) is 12.4. The molecule has 8 heteroatoms. The highest BCUT2D eigenvalue weighted by atomic mass is 35.5. The summed E-state index contributed by atoms with van der Waals surface area (Å²) in [6, 6.07) is 12.5. The summed E-state index contributed by atoms with van der Waals surface area (Å²) in [4.78, 5) is 2.30. The standard InChI is InChI=1S/C28H40N2O5.ClH/c1-20(2)28(19-29,22-17-25(33-6)27(35-8)26(18-22)34-7)13-9-14-30(3)15-12-21-10-11-23(31-4)24(16-21)32-5;/h10-11,16-18,20H,9,12-15H2,1-8H3;1H/t28-;/m1./s1. The van der Waals surface area contributed by atoms with Crippen LogP contribution in [0, 0.1) is 17.2 Å². The van der Waals surface area contributed by atoms with Gasteiger partial charge in [-0.2, -0.15) is 5.26 Å². The molecule has 36 heavy (non-hydrogen) atoms. The molecule has 2 aromatic rings. The highest BCUT2D eigenvalue weighted by Crippen LogP contribution is 2.45. The molecule has 0 saturated heterocycles. The summed E-state index contributed by atoms with van der Waals surface area (Å²) < 4.78 is 27.3. The average molecular weight is 521 g/mol. The molecule has 0 bridgehead atoms. The highest BCUT2D eigenvalue weighted by molar-refractivity contribution is 5.85. The Morgan fingerprint density at radius 2 is 1.42 bits per heavy atom. The Kier molecular flexibility index (Phi) is 12.7. The number of rotatable bonds is 14. The number of halogens is 1. The monoisotopic (exact) mass is 520 g/mol. The van der Waals surface area contributed by atoms with Crippen LogP contribution in [0.5, 0.6) is 28.7 Å². The summed E-state index contributed by atoms with van der Waals surface area (Å²) in [6.07, 6.45) is 2.50. The van der Waals surface area contributed by atoms with E-state index in [-0.39, 0.29) is 18.3 Å². The fourth-order valence-corrected chi connectivity index (χ4v) is 4.45. The molecule has 0 saturated carbocycles. The highest BCUT2D eigenvalue weighted by Gasteiger charge is 2.37. The van der Waals surface area contributed by atoms with Crippen molar-refractivity contribution >= 4 is 12.4 Å². The van der Waals surface area contributed by atoms with Crippen LogP contribution in [0.4, 0.5) is 0 Å². The molecule has 0 aliphatic rings. The quantitative estimate of drug-likeness (QED) is 0.324. The fraction of sp³-hybridized carbons (Fsp3) is 0.536. The fourth-order valence-electron chi connectivity index (χ4n) is 4.45. The second-order valence-electron chi connectivity index (χ2n) is 9.00. The van der Waals surface area contributed by atoms with E-state index in [1.54, 1.807) is 35.5 Å². The zero-order chi connectivity index (χ0) is 26.0. The molecule has 0 heterocycles. The summed E-state index contributed by atoms with van der Waals surface area (Å²) in [5.41, 5.74) is 1.41. The van der Waals surface area contributed by atoms with Crippen LogP contribution in [0.2, 0.25) is 0 Å². The van der Waals surface area contributed by atoms with Gasteiger partial charge in [0, 0.05) is 6.54 Å². The van der Waals surface area contributed by atoms with E-state index in [4.69, 9.17) is 23.7 Å². The van der Waals surface area contributed by atoms with Gasteiger partial charge in [0.05, 0.1) is 47.0 Å². The average Bonchev–Trinajstić information content (AvgIpc) is 2.88. The van der Waals surface area contributed by atoms with E-state index in [2.05, 4.69) is 37.9 Å². The number of ether oxygens (including phenoxy) is 5. The molecular formula is C28H41ClN2O5. The first kappa shape index (κ1) is 31.2. The summed E-state index contributed by atoms with van der Waals surface area (Å²) >= 11 is 0. The first-order valence-electron chi connectivity index (χ1n) is 11.9. The van der Waals surface area contributed by atoms with Crippen LogP contribution in [0.15, 0.2) is 30.3 Å². The largest absolute Gasteiger partial charge is 0.493 e. The maximum Gasteiger partial charge on any atom is 0.203 e. The Hall–Kier alpha value is -2.82. The molecule has 0 aliphatic heterocycles. The molecule has 7 nitrogen and oxygen atoms in total. The van der Waals surface area contributed by atoms with Crippen molar-refractivity contribution in [2.45, 2.75) is 38.5 Å². The Morgan fingerprint density at radius 3 is 1.89 bits per heavy atom. The van der Waals surface area contributed by atoms with Gasteiger partial charge in [0.2, 0.25) is 5.75 Å². The van der Waals surface area contributed by atoms with Gasteiger partial charge < -0.3 is 28.6 Å². The summed E-state index contributed by atoms with van der Waals surface area (Å²) in [5.74, 6) is 3.24. The SMILES string of the molecule is COc1ccc(CCN(C)CCC[C@](C#N)(c2cc(OC)c(OC)c(OC)c2)C(C)C)cc1OC.Cl. The van der Waals surface area contributed by atoms with Gasteiger partial charge in [-0.15, -0.1) is 12.4 Å². The maximum atomic E-state index is 10.4. The molecule has 0 aliphatic carbocycles. The third kappa shape index (κ3) is 7.11. The van der Waals surface area contributed by atoms with E-state index in [9.17, 15) is 5.26 Å². The van der Waals surface area contributed by atoms with Crippen molar-refractivity contribution in [3.63, 3.8) is 0 Å². The van der Waals surface area contributed by atoms with Gasteiger partial charge >= 0.3 is 0 Å². The molecular weight excluding hydrogens is 480 g/mol. The van der Waals surface area contributed by atoms with Crippen LogP contribution in [-0.2, 0) is 11.8 Å². The van der Waals surface area contributed by atoms with Crippen LogP contribution >= 0.6 is 12.4 Å². The Bertz CT molecular complexity index is 983. The topological polar surface area (TPSA) is 73.2 Å². The molecule has 1 atom stereocenters. The lowest BCUT2D eigenvalue weighted by atomic mass is 9.69. The zero-order valence-electron chi connectivity index (χ0n) is 22.8. The molecule has 0 spiro atoms. The van der Waals surface area contributed by atoms with E-state index in [0.717, 1.165) is 49.4 Å². The van der Waals surface area contributed by atoms with Crippen molar-refractivity contribution < 1.29 is 23.7 Å². The molecule has 2 rings (SSSR count). The zero-order valence-corrected chi connectivity index (χ0v) is 23.7. The third-order valence-corrected chi connectivity index (χ3v) is 6.71. The summed E-state index contributed by atoms with van der Waals surface area (Å²) in [5, 5.41) is 10.4. The van der Waals surface area contributed by atoms with Crippen molar-refractivity contribution in [3.8, 4) is 34.8 Å². The van der Waals surface area contributed by atoms with Gasteiger partial charge in [0.15, 0.2) is 23.0 Å². The molecule has 0 amide bonds. The Balaban J connectivity index is 0.00000648. The lowest BCUT2D eigenvalue weighted by Crippen LogP contribution is -2.32. The van der Waals surface area contributed by atoms with Gasteiger partial charge in [-0.3, -0.25) is 0 Å². The van der Waals surface area contributed by atoms with Crippen LogP contribution in [0.3, 0.4) is 0 Å². The van der Waals surface area contributed by atoms with E-state index in [0.29, 0.717) is 17.2 Å². The lowest BCUT2D eigenvalue weighted by molar-refractivity contribution is 0.290. The van der Waals surface area contributed by atoms with Crippen molar-refractivity contribution in [1.29, 1.82) is 5.26 Å². The minimum absolute atomic E-state index is 0. The molecule has 0 fully saturated rings. The number of hydrogen-bond acceptors (Lipinski definition) is 7. The number of nitriles is 1. The second-order valence-corrected chi connectivity index (χ2v) is 9.00. The van der Waals surface area contributed by atoms with Crippen LogP contribution < -0.4 is 23.7 Å². The predicted octanol–water partition coefficient (Wildman–Crippen LogP) is 5.52. The summed E-state index contributed by atoms with van der Waals surface area (Å²) in [7, 11) is 10.2. The molecule has 0 aromatic heterocycles. The van der Waals surface area contributed by atoms with Crippen molar-refractivity contribution in [2.75, 3.05) is 55.7 Å². The minimum atomic E-state index is -0.670. The van der Waals surface area contributed by atoms with Gasteiger partial charge in [0.1, 0.15) is 0 Å². The van der Waals surface area contributed by atoms with Crippen LogP contribution in [0.25, 0.3) is 0 Å². The first-order chi connectivity index (χ1) is 16.8. The van der Waals surface area contributed by atoms with Gasteiger partial charge in [-0.25, -0.2) is 0 Å². The number of methoxy groups -OCH3 is 5. The van der Waals surface area contributed by atoms with E-state index in [1.807, 2.05) is 24.3 Å². The number of benzene rings is 2.